The zero-order valence-electron chi connectivity index (χ0n) is 17.0. The number of aliphatic hydroxyl groups excluding tert-OH is 1. The van der Waals surface area contributed by atoms with E-state index in [0.29, 0.717) is 18.6 Å². The first-order chi connectivity index (χ1) is 13.6. The zero-order chi connectivity index (χ0) is 19.7. The molecule has 0 aliphatic carbocycles. The number of aliphatic hydroxyl groups is 1. The van der Waals surface area contributed by atoms with Crippen LogP contribution in [-0.2, 0) is 12.8 Å². The highest BCUT2D eigenvalue weighted by Gasteiger charge is 2.34. The molecule has 0 saturated carbocycles. The van der Waals surface area contributed by atoms with Crippen molar-refractivity contribution in [2.75, 3.05) is 34.6 Å². The van der Waals surface area contributed by atoms with Crippen molar-refractivity contribution in [2.45, 2.75) is 31.4 Å². The molecule has 0 amide bonds. The highest BCUT2D eigenvalue weighted by atomic mass is 35.5. The largest absolute Gasteiger partial charge is 1.00 e. The first kappa shape index (κ1) is 21.6. The van der Waals surface area contributed by atoms with Crippen LogP contribution in [0.4, 0.5) is 0 Å². The van der Waals surface area contributed by atoms with Gasteiger partial charge in [-0.05, 0) is 55.6 Å². The van der Waals surface area contributed by atoms with Gasteiger partial charge in [0.15, 0.2) is 11.5 Å². The third-order valence-electron chi connectivity index (χ3n) is 5.67. The number of methoxy groups -OCH3 is 2. The fourth-order valence-electron chi connectivity index (χ4n) is 4.20. The average molecular weight is 421 g/mol. The smallest absolute Gasteiger partial charge is 0.231 e. The standard InChI is InChI=1S/C22H27NO5.ClH/c1-23-9-8-15-11-19-21(28-13-27-19)22(26-3)20(15)18(23)12-16(24)10-14-4-6-17(25-2)7-5-14;/h4-7,11,16,18,24H,8-10,12-13H2,1-3H3;1H/p-1. The Labute approximate surface area is 177 Å². The molecule has 2 heterocycles. The minimum atomic E-state index is -0.470. The number of hydrogen-bond acceptors (Lipinski definition) is 6. The molecule has 0 radical (unpaired) electrons. The summed E-state index contributed by atoms with van der Waals surface area (Å²) >= 11 is 0. The van der Waals surface area contributed by atoms with Crippen molar-refractivity contribution < 1.29 is 36.5 Å². The molecule has 7 heteroatoms. The molecule has 2 atom stereocenters. The van der Waals surface area contributed by atoms with E-state index >= 15 is 0 Å². The van der Waals surface area contributed by atoms with Crippen LogP contribution in [0.5, 0.6) is 23.0 Å². The number of hydrogen-bond donors (Lipinski definition) is 1. The Morgan fingerprint density at radius 1 is 1.17 bits per heavy atom. The fourth-order valence-corrected chi connectivity index (χ4v) is 4.20. The van der Waals surface area contributed by atoms with Gasteiger partial charge in [0.1, 0.15) is 5.75 Å². The van der Waals surface area contributed by atoms with Crippen molar-refractivity contribution in [1.29, 1.82) is 0 Å². The number of fused-ring (bicyclic) bond motifs is 2. The Kier molecular flexibility index (Phi) is 6.77. The second-order valence-corrected chi connectivity index (χ2v) is 7.40. The number of benzene rings is 2. The van der Waals surface area contributed by atoms with Gasteiger partial charge in [0.05, 0.1) is 20.3 Å². The molecule has 158 valence electrons. The maximum atomic E-state index is 10.8. The van der Waals surface area contributed by atoms with Crippen LogP contribution >= 0.6 is 0 Å². The Hall–Kier alpha value is -2.15. The molecule has 0 aromatic heterocycles. The van der Waals surface area contributed by atoms with E-state index in [0.717, 1.165) is 41.3 Å². The van der Waals surface area contributed by atoms with E-state index < -0.39 is 6.10 Å². The molecule has 4 rings (SSSR count). The molecule has 2 aliphatic rings. The molecular formula is C22H27ClNO5-. The number of halogens is 1. The van der Waals surface area contributed by atoms with E-state index in [1.165, 1.54) is 5.56 Å². The normalized spacial score (nSPS) is 18.6. The number of rotatable bonds is 6. The van der Waals surface area contributed by atoms with Crippen LogP contribution in [0, 0.1) is 0 Å². The van der Waals surface area contributed by atoms with Crippen LogP contribution in [0.3, 0.4) is 0 Å². The molecule has 0 spiro atoms. The summed E-state index contributed by atoms with van der Waals surface area (Å²) in [6.45, 7) is 1.14. The summed E-state index contributed by atoms with van der Waals surface area (Å²) in [6, 6.07) is 9.97. The minimum absolute atomic E-state index is 0. The second kappa shape index (κ2) is 9.11. The minimum Gasteiger partial charge on any atom is -1.00 e. The Bertz CT molecular complexity index is 842. The molecule has 2 aromatic rings. The van der Waals surface area contributed by atoms with Crippen LogP contribution in [0.2, 0.25) is 0 Å². The fraction of sp³-hybridized carbons (Fsp3) is 0.455. The quantitative estimate of drug-likeness (QED) is 0.707. The third-order valence-corrected chi connectivity index (χ3v) is 5.67. The van der Waals surface area contributed by atoms with Gasteiger partial charge in [0, 0.05) is 18.2 Å². The SMILES string of the molecule is COc1ccc(CC(O)CC2c3c(cc4c(c3OC)OCO4)CCN2C)cc1.[Cl-]. The first-order valence-corrected chi connectivity index (χ1v) is 9.61. The van der Waals surface area contributed by atoms with Crippen molar-refractivity contribution in [2.24, 2.45) is 0 Å². The molecule has 6 nitrogen and oxygen atoms in total. The van der Waals surface area contributed by atoms with E-state index in [2.05, 4.69) is 18.0 Å². The predicted molar refractivity (Wildman–Crippen MR) is 106 cm³/mol. The third kappa shape index (κ3) is 4.25. The molecule has 29 heavy (non-hydrogen) atoms. The van der Waals surface area contributed by atoms with Crippen molar-refractivity contribution in [1.82, 2.24) is 4.90 Å². The molecule has 0 fully saturated rings. The van der Waals surface area contributed by atoms with Gasteiger partial charge in [-0.2, -0.15) is 0 Å². The summed E-state index contributed by atoms with van der Waals surface area (Å²) in [6.07, 6.45) is 1.66. The average Bonchev–Trinajstić information content (AvgIpc) is 3.17. The van der Waals surface area contributed by atoms with Crippen molar-refractivity contribution in [3.8, 4) is 23.0 Å². The van der Waals surface area contributed by atoms with E-state index in [1.54, 1.807) is 14.2 Å². The summed E-state index contributed by atoms with van der Waals surface area (Å²) in [5, 5.41) is 10.8. The van der Waals surface area contributed by atoms with Gasteiger partial charge in [-0.1, -0.05) is 12.1 Å². The van der Waals surface area contributed by atoms with Crippen LogP contribution in [0.15, 0.2) is 30.3 Å². The Morgan fingerprint density at radius 3 is 2.62 bits per heavy atom. The monoisotopic (exact) mass is 420 g/mol. The lowest BCUT2D eigenvalue weighted by Gasteiger charge is -2.37. The van der Waals surface area contributed by atoms with Crippen LogP contribution < -0.4 is 31.4 Å². The molecule has 0 saturated heterocycles. The van der Waals surface area contributed by atoms with Crippen LogP contribution in [-0.4, -0.2) is 50.7 Å². The Morgan fingerprint density at radius 2 is 1.93 bits per heavy atom. The van der Waals surface area contributed by atoms with Crippen LogP contribution in [0.25, 0.3) is 0 Å². The maximum Gasteiger partial charge on any atom is 0.231 e. The van der Waals surface area contributed by atoms with Crippen molar-refractivity contribution in [3.05, 3.63) is 47.0 Å². The number of likely N-dealkylation sites (N-methyl/N-ethyl adjacent to an activating group) is 1. The van der Waals surface area contributed by atoms with Gasteiger partial charge in [-0.25, -0.2) is 0 Å². The van der Waals surface area contributed by atoms with Crippen molar-refractivity contribution >= 4 is 0 Å². The second-order valence-electron chi connectivity index (χ2n) is 7.40. The summed E-state index contributed by atoms with van der Waals surface area (Å²) in [7, 11) is 5.41. The lowest BCUT2D eigenvalue weighted by molar-refractivity contribution is -0.0000107. The van der Waals surface area contributed by atoms with Gasteiger partial charge >= 0.3 is 0 Å². The predicted octanol–water partition coefficient (Wildman–Crippen LogP) is -0.0408. The topological polar surface area (TPSA) is 60.4 Å². The number of ether oxygens (including phenoxy) is 4. The van der Waals surface area contributed by atoms with E-state index in [4.69, 9.17) is 18.9 Å². The summed E-state index contributed by atoms with van der Waals surface area (Å²) in [4.78, 5) is 2.28. The van der Waals surface area contributed by atoms with Crippen LogP contribution in [0.1, 0.15) is 29.2 Å². The molecular weight excluding hydrogens is 394 g/mol. The van der Waals surface area contributed by atoms with E-state index in [1.807, 2.05) is 24.3 Å². The zero-order valence-corrected chi connectivity index (χ0v) is 17.7. The van der Waals surface area contributed by atoms with Gasteiger partial charge in [0.25, 0.3) is 0 Å². The van der Waals surface area contributed by atoms with E-state index in [9.17, 15) is 5.11 Å². The highest BCUT2D eigenvalue weighted by Crippen LogP contribution is 2.50. The molecule has 2 unspecified atom stereocenters. The van der Waals surface area contributed by atoms with E-state index in [-0.39, 0.29) is 25.2 Å². The molecule has 0 bridgehead atoms. The maximum absolute atomic E-state index is 10.8. The van der Waals surface area contributed by atoms with Crippen molar-refractivity contribution in [3.63, 3.8) is 0 Å². The van der Waals surface area contributed by atoms with Gasteiger partial charge < -0.3 is 36.5 Å². The highest BCUT2D eigenvalue weighted by molar-refractivity contribution is 5.61. The van der Waals surface area contributed by atoms with Gasteiger partial charge in [0.2, 0.25) is 12.5 Å². The molecule has 2 aliphatic heterocycles. The lowest BCUT2D eigenvalue weighted by Crippen LogP contribution is -3.00. The molecule has 1 N–H and O–H groups in total. The number of nitrogens with zero attached hydrogens (tertiary/aromatic N) is 1. The summed E-state index contributed by atoms with van der Waals surface area (Å²) < 4.78 is 22.2. The Balaban J connectivity index is 0.00000240. The summed E-state index contributed by atoms with van der Waals surface area (Å²) in [5.41, 5.74) is 3.40. The summed E-state index contributed by atoms with van der Waals surface area (Å²) in [5.74, 6) is 2.97. The first-order valence-electron chi connectivity index (χ1n) is 9.61. The molecule has 2 aromatic carbocycles. The van der Waals surface area contributed by atoms with Gasteiger partial charge in [-0.15, -0.1) is 0 Å². The lowest BCUT2D eigenvalue weighted by atomic mass is 9.87. The van der Waals surface area contributed by atoms with Gasteiger partial charge in [-0.3, -0.25) is 4.90 Å².